The number of benzene rings is 1. The highest BCUT2D eigenvalue weighted by Crippen LogP contribution is 2.20. The topological polar surface area (TPSA) is 90.3 Å². The average molecular weight is 366 g/mol. The number of amides is 1. The molecule has 0 atom stereocenters. The van der Waals surface area contributed by atoms with Gasteiger partial charge >= 0.3 is 5.97 Å². The second-order valence-corrected chi connectivity index (χ2v) is 5.14. The third kappa shape index (κ3) is 4.01. The van der Waals surface area contributed by atoms with E-state index >= 15 is 0 Å². The summed E-state index contributed by atoms with van der Waals surface area (Å²) in [5, 5.41) is 6.34. The van der Waals surface area contributed by atoms with E-state index in [4.69, 9.17) is 4.74 Å². The normalized spacial score (nSPS) is 10.1. The number of carbonyl (C=O) groups is 2. The maximum atomic E-state index is 11.7. The first-order valence-corrected chi connectivity index (χ1v) is 7.02. The number of anilines is 1. The fraction of sp³-hybridized carbons (Fsp3) is 0.143. The van der Waals surface area contributed by atoms with Crippen LogP contribution in [0.1, 0.15) is 10.5 Å². The Kier molecular flexibility index (Phi) is 5.05. The summed E-state index contributed by atoms with van der Waals surface area (Å²) in [5.74, 6) is -1.26. The summed E-state index contributed by atoms with van der Waals surface area (Å²) in [7, 11) is 1.42. The van der Waals surface area contributed by atoms with Gasteiger partial charge < -0.3 is 10.1 Å². The molecule has 0 saturated heterocycles. The fourth-order valence-electron chi connectivity index (χ4n) is 1.57. The van der Waals surface area contributed by atoms with Gasteiger partial charge in [0.25, 0.3) is 11.5 Å². The molecule has 114 valence electrons. The SMILES string of the molecule is Cn1nc(C(=O)OCC(=O)Nc2ccccc2Br)ccc1=O. The van der Waals surface area contributed by atoms with Gasteiger partial charge in [-0.15, -0.1) is 0 Å². The van der Waals surface area contributed by atoms with Crippen LogP contribution in [-0.2, 0) is 16.6 Å². The molecule has 0 fully saturated rings. The van der Waals surface area contributed by atoms with Gasteiger partial charge in [-0.1, -0.05) is 12.1 Å². The lowest BCUT2D eigenvalue weighted by atomic mass is 10.3. The molecule has 1 amide bonds. The Morgan fingerprint density at radius 2 is 2.00 bits per heavy atom. The van der Waals surface area contributed by atoms with Gasteiger partial charge in [0, 0.05) is 17.6 Å². The zero-order valence-electron chi connectivity index (χ0n) is 11.6. The van der Waals surface area contributed by atoms with Crippen LogP contribution >= 0.6 is 15.9 Å². The van der Waals surface area contributed by atoms with Gasteiger partial charge in [0.1, 0.15) is 0 Å². The molecule has 0 aliphatic carbocycles. The number of rotatable bonds is 4. The van der Waals surface area contributed by atoms with Gasteiger partial charge in [-0.2, -0.15) is 5.10 Å². The minimum Gasteiger partial charge on any atom is -0.451 e. The number of aromatic nitrogens is 2. The molecule has 2 aromatic rings. The van der Waals surface area contributed by atoms with Crippen LogP contribution in [0.25, 0.3) is 0 Å². The predicted octanol–water partition coefficient (Wildman–Crippen LogP) is 1.34. The summed E-state index contributed by atoms with van der Waals surface area (Å²) in [6, 6.07) is 9.50. The third-order valence-electron chi connectivity index (χ3n) is 2.65. The molecule has 7 nitrogen and oxygen atoms in total. The van der Waals surface area contributed by atoms with Crippen LogP contribution in [0.3, 0.4) is 0 Å². The monoisotopic (exact) mass is 365 g/mol. The van der Waals surface area contributed by atoms with Crippen molar-refractivity contribution < 1.29 is 14.3 Å². The second kappa shape index (κ2) is 6.99. The van der Waals surface area contributed by atoms with E-state index in [0.29, 0.717) is 5.69 Å². The summed E-state index contributed by atoms with van der Waals surface area (Å²) in [4.78, 5) is 34.7. The first-order valence-electron chi connectivity index (χ1n) is 6.23. The molecular weight excluding hydrogens is 354 g/mol. The average Bonchev–Trinajstić information content (AvgIpc) is 2.50. The Morgan fingerprint density at radius 1 is 1.27 bits per heavy atom. The van der Waals surface area contributed by atoms with Crippen molar-refractivity contribution in [2.24, 2.45) is 7.05 Å². The lowest BCUT2D eigenvalue weighted by molar-refractivity contribution is -0.119. The molecule has 1 aromatic carbocycles. The molecule has 0 radical (unpaired) electrons. The molecule has 0 aliphatic heterocycles. The van der Waals surface area contributed by atoms with Crippen LogP contribution < -0.4 is 10.9 Å². The molecule has 0 bridgehead atoms. The molecule has 0 spiro atoms. The van der Waals surface area contributed by atoms with Crippen LogP contribution in [0.4, 0.5) is 5.69 Å². The summed E-state index contributed by atoms with van der Waals surface area (Å²) in [6.45, 7) is -0.454. The number of hydrogen-bond donors (Lipinski definition) is 1. The zero-order valence-corrected chi connectivity index (χ0v) is 13.2. The molecular formula is C14H12BrN3O4. The summed E-state index contributed by atoms with van der Waals surface area (Å²) < 4.78 is 6.58. The van der Waals surface area contributed by atoms with E-state index in [2.05, 4.69) is 26.3 Å². The van der Waals surface area contributed by atoms with Crippen molar-refractivity contribution in [3.63, 3.8) is 0 Å². The van der Waals surface area contributed by atoms with Crippen LogP contribution in [0.2, 0.25) is 0 Å². The summed E-state index contributed by atoms with van der Waals surface area (Å²) in [5.41, 5.74) is 0.183. The number of nitrogens with zero attached hydrogens (tertiary/aromatic N) is 2. The van der Waals surface area contributed by atoms with Gasteiger partial charge in [-0.25, -0.2) is 9.48 Å². The zero-order chi connectivity index (χ0) is 16.1. The lowest BCUT2D eigenvalue weighted by Gasteiger charge is -2.08. The number of ether oxygens (including phenoxy) is 1. The van der Waals surface area contributed by atoms with Gasteiger partial charge in [-0.05, 0) is 34.1 Å². The van der Waals surface area contributed by atoms with Crippen molar-refractivity contribution in [3.05, 3.63) is 56.9 Å². The van der Waals surface area contributed by atoms with E-state index in [9.17, 15) is 14.4 Å². The number of halogens is 1. The maximum absolute atomic E-state index is 11.7. The van der Waals surface area contributed by atoms with Crippen LogP contribution in [-0.4, -0.2) is 28.3 Å². The Hall–Kier alpha value is -2.48. The van der Waals surface area contributed by atoms with Crippen molar-refractivity contribution in [2.45, 2.75) is 0 Å². The molecule has 1 N–H and O–H groups in total. The third-order valence-corrected chi connectivity index (χ3v) is 3.34. The smallest absolute Gasteiger partial charge is 0.359 e. The van der Waals surface area contributed by atoms with E-state index in [1.54, 1.807) is 18.2 Å². The Morgan fingerprint density at radius 3 is 2.68 bits per heavy atom. The van der Waals surface area contributed by atoms with Gasteiger partial charge in [0.2, 0.25) is 0 Å². The molecule has 1 aromatic heterocycles. The van der Waals surface area contributed by atoms with E-state index in [0.717, 1.165) is 9.15 Å². The molecule has 0 unspecified atom stereocenters. The lowest BCUT2D eigenvalue weighted by Crippen LogP contribution is -2.24. The Labute approximate surface area is 134 Å². The first-order chi connectivity index (χ1) is 10.5. The van der Waals surface area contributed by atoms with E-state index in [1.165, 1.54) is 19.2 Å². The number of para-hydroxylation sites is 1. The first kappa shape index (κ1) is 15.9. The van der Waals surface area contributed by atoms with Crippen LogP contribution in [0.15, 0.2) is 45.7 Å². The summed E-state index contributed by atoms with van der Waals surface area (Å²) in [6.07, 6.45) is 0. The molecule has 8 heteroatoms. The fourth-order valence-corrected chi connectivity index (χ4v) is 1.95. The highest BCUT2D eigenvalue weighted by molar-refractivity contribution is 9.10. The Balaban J connectivity index is 1.93. The number of carbonyl (C=O) groups excluding carboxylic acids is 2. The van der Waals surface area contributed by atoms with Gasteiger partial charge in [-0.3, -0.25) is 9.59 Å². The quantitative estimate of drug-likeness (QED) is 0.825. The van der Waals surface area contributed by atoms with Crippen LogP contribution in [0.5, 0.6) is 0 Å². The van der Waals surface area contributed by atoms with Crippen molar-refractivity contribution in [1.29, 1.82) is 0 Å². The van der Waals surface area contributed by atoms with Crippen molar-refractivity contribution >= 4 is 33.5 Å². The molecule has 22 heavy (non-hydrogen) atoms. The van der Waals surface area contributed by atoms with Crippen molar-refractivity contribution in [2.75, 3.05) is 11.9 Å². The van der Waals surface area contributed by atoms with E-state index in [1.807, 2.05) is 6.07 Å². The van der Waals surface area contributed by atoms with E-state index < -0.39 is 18.5 Å². The second-order valence-electron chi connectivity index (χ2n) is 4.28. The standard InChI is InChI=1S/C14H12BrN3O4/c1-18-13(20)7-6-11(17-18)14(21)22-8-12(19)16-10-5-3-2-4-9(10)15/h2-7H,8H2,1H3,(H,16,19). The minimum atomic E-state index is -0.780. The molecule has 2 rings (SSSR count). The van der Waals surface area contributed by atoms with Gasteiger partial charge in [0.05, 0.1) is 5.69 Å². The molecule has 0 aliphatic rings. The number of aryl methyl sites for hydroxylation is 1. The van der Waals surface area contributed by atoms with E-state index in [-0.39, 0.29) is 11.3 Å². The summed E-state index contributed by atoms with van der Waals surface area (Å²) >= 11 is 3.29. The highest BCUT2D eigenvalue weighted by atomic mass is 79.9. The number of hydrogen-bond acceptors (Lipinski definition) is 5. The highest BCUT2D eigenvalue weighted by Gasteiger charge is 2.13. The minimum absolute atomic E-state index is 0.0456. The predicted molar refractivity (Wildman–Crippen MR) is 82.5 cm³/mol. The van der Waals surface area contributed by atoms with Crippen molar-refractivity contribution in [3.8, 4) is 0 Å². The molecule has 1 heterocycles. The number of esters is 1. The van der Waals surface area contributed by atoms with Crippen LogP contribution in [0, 0.1) is 0 Å². The van der Waals surface area contributed by atoms with Crippen molar-refractivity contribution in [1.82, 2.24) is 9.78 Å². The van der Waals surface area contributed by atoms with Gasteiger partial charge in [0.15, 0.2) is 12.3 Å². The molecule has 0 saturated carbocycles. The number of nitrogens with one attached hydrogen (secondary N) is 1. The largest absolute Gasteiger partial charge is 0.451 e. The Bertz CT molecular complexity index is 773. The maximum Gasteiger partial charge on any atom is 0.359 e.